The van der Waals surface area contributed by atoms with Crippen LogP contribution >= 0.6 is 12.4 Å². The number of aromatic nitrogens is 2. The number of halogens is 1. The number of rotatable bonds is 5. The number of benzene rings is 2. The monoisotopic (exact) mass is 410 g/mol. The van der Waals surface area contributed by atoms with Crippen molar-refractivity contribution >= 4 is 18.3 Å². The smallest absolute Gasteiger partial charge is 0.257 e. The van der Waals surface area contributed by atoms with Gasteiger partial charge >= 0.3 is 0 Å². The lowest BCUT2D eigenvalue weighted by Crippen LogP contribution is -2.34. The molecule has 3 aromatic rings. The number of likely N-dealkylation sites (tertiary alicyclic amines) is 1. The van der Waals surface area contributed by atoms with E-state index in [2.05, 4.69) is 19.1 Å². The summed E-state index contributed by atoms with van der Waals surface area (Å²) in [6.45, 7) is 4.81. The predicted molar refractivity (Wildman–Crippen MR) is 118 cm³/mol. The molecule has 29 heavy (non-hydrogen) atoms. The largest absolute Gasteiger partial charge is 0.338 e. The van der Waals surface area contributed by atoms with Gasteiger partial charge in [0.25, 0.3) is 5.91 Å². The summed E-state index contributed by atoms with van der Waals surface area (Å²) in [5.41, 5.74) is 9.43. The summed E-state index contributed by atoms with van der Waals surface area (Å²) in [7, 11) is 0. The van der Waals surface area contributed by atoms with E-state index < -0.39 is 0 Å². The second kappa shape index (κ2) is 8.80. The Labute approximate surface area is 177 Å². The van der Waals surface area contributed by atoms with E-state index in [1.807, 2.05) is 64.3 Å². The van der Waals surface area contributed by atoms with Gasteiger partial charge < -0.3 is 10.6 Å². The molecule has 152 valence electrons. The molecule has 6 heteroatoms. The van der Waals surface area contributed by atoms with Gasteiger partial charge in [-0.15, -0.1) is 12.4 Å². The van der Waals surface area contributed by atoms with Crippen LogP contribution in [0.25, 0.3) is 11.3 Å². The van der Waals surface area contributed by atoms with E-state index in [-0.39, 0.29) is 23.7 Å². The van der Waals surface area contributed by atoms with Gasteiger partial charge in [-0.3, -0.25) is 9.48 Å². The first kappa shape index (κ1) is 21.1. The number of hydrogen-bond acceptors (Lipinski definition) is 3. The lowest BCUT2D eigenvalue weighted by molar-refractivity contribution is 0.0777. The Hall–Kier alpha value is -2.63. The van der Waals surface area contributed by atoms with E-state index in [1.54, 1.807) is 0 Å². The van der Waals surface area contributed by atoms with Gasteiger partial charge in [0.1, 0.15) is 5.69 Å². The molecule has 1 unspecified atom stereocenters. The molecule has 1 amide bonds. The Kier molecular flexibility index (Phi) is 6.40. The Morgan fingerprint density at radius 1 is 1.10 bits per heavy atom. The van der Waals surface area contributed by atoms with Gasteiger partial charge in [0, 0.05) is 24.8 Å². The molecule has 1 atom stereocenters. The molecule has 4 rings (SSSR count). The van der Waals surface area contributed by atoms with E-state index in [1.165, 1.54) is 0 Å². The number of carbonyl (C=O) groups excluding carboxylic acids is 1. The normalized spacial score (nSPS) is 18.5. The summed E-state index contributed by atoms with van der Waals surface area (Å²) in [5, 5.41) is 4.77. The molecule has 2 N–H and O–H groups in total. The first-order valence-corrected chi connectivity index (χ1v) is 9.74. The van der Waals surface area contributed by atoms with Crippen molar-refractivity contribution in [1.29, 1.82) is 0 Å². The highest BCUT2D eigenvalue weighted by Gasteiger charge is 2.36. The maximum Gasteiger partial charge on any atom is 0.257 e. The highest BCUT2D eigenvalue weighted by molar-refractivity contribution is 6.00. The summed E-state index contributed by atoms with van der Waals surface area (Å²) < 4.78 is 1.86. The van der Waals surface area contributed by atoms with Gasteiger partial charge in [-0.25, -0.2) is 0 Å². The number of carbonyl (C=O) groups is 1. The molecule has 1 aromatic heterocycles. The SMILES string of the molecule is CC1(CN)CCN(C(=O)c2cn(Cc3ccccc3)nc2-c2ccccc2)C1.Cl. The Bertz CT molecular complexity index is 958. The van der Waals surface area contributed by atoms with E-state index in [0.29, 0.717) is 25.2 Å². The molecular formula is C23H27ClN4O. The molecular weight excluding hydrogens is 384 g/mol. The summed E-state index contributed by atoms with van der Waals surface area (Å²) >= 11 is 0. The van der Waals surface area contributed by atoms with Gasteiger partial charge in [0.05, 0.1) is 12.1 Å². The van der Waals surface area contributed by atoms with Crippen LogP contribution < -0.4 is 5.73 Å². The van der Waals surface area contributed by atoms with Crippen molar-refractivity contribution in [3.05, 3.63) is 78.0 Å². The van der Waals surface area contributed by atoms with Gasteiger partial charge in [-0.1, -0.05) is 67.6 Å². The minimum Gasteiger partial charge on any atom is -0.338 e. The molecule has 0 bridgehead atoms. The maximum atomic E-state index is 13.3. The first-order chi connectivity index (χ1) is 13.6. The summed E-state index contributed by atoms with van der Waals surface area (Å²) in [5.74, 6) is 0.0374. The number of nitrogens with two attached hydrogens (primary N) is 1. The van der Waals surface area contributed by atoms with Gasteiger partial charge in [0.15, 0.2) is 0 Å². The van der Waals surface area contributed by atoms with Crippen LogP contribution in [-0.4, -0.2) is 40.2 Å². The van der Waals surface area contributed by atoms with Crippen LogP contribution in [0.3, 0.4) is 0 Å². The summed E-state index contributed by atoms with van der Waals surface area (Å²) in [4.78, 5) is 15.3. The second-order valence-electron chi connectivity index (χ2n) is 7.93. The highest BCUT2D eigenvalue weighted by atomic mass is 35.5. The van der Waals surface area contributed by atoms with Crippen LogP contribution in [0.2, 0.25) is 0 Å². The van der Waals surface area contributed by atoms with Crippen LogP contribution in [0.1, 0.15) is 29.3 Å². The molecule has 2 aromatic carbocycles. The summed E-state index contributed by atoms with van der Waals surface area (Å²) in [6.07, 6.45) is 2.82. The molecule has 5 nitrogen and oxygen atoms in total. The minimum absolute atomic E-state index is 0. The van der Waals surface area contributed by atoms with Crippen molar-refractivity contribution in [1.82, 2.24) is 14.7 Å². The van der Waals surface area contributed by atoms with Crippen LogP contribution in [0.4, 0.5) is 0 Å². The Balaban J connectivity index is 0.00000240. The predicted octanol–water partition coefficient (Wildman–Crippen LogP) is 3.83. The van der Waals surface area contributed by atoms with Crippen molar-refractivity contribution < 1.29 is 4.79 Å². The van der Waals surface area contributed by atoms with E-state index >= 15 is 0 Å². The average molecular weight is 411 g/mol. The molecule has 1 aliphatic rings. The van der Waals surface area contributed by atoms with Crippen LogP contribution in [-0.2, 0) is 6.54 Å². The molecule has 0 radical (unpaired) electrons. The Morgan fingerprint density at radius 3 is 2.38 bits per heavy atom. The van der Waals surface area contributed by atoms with Crippen LogP contribution in [0.5, 0.6) is 0 Å². The Morgan fingerprint density at radius 2 is 1.76 bits per heavy atom. The van der Waals surface area contributed by atoms with Crippen molar-refractivity contribution in [2.24, 2.45) is 11.1 Å². The van der Waals surface area contributed by atoms with Crippen molar-refractivity contribution in [2.45, 2.75) is 19.9 Å². The van der Waals surface area contributed by atoms with Crippen molar-refractivity contribution in [2.75, 3.05) is 19.6 Å². The average Bonchev–Trinajstić information content (AvgIpc) is 3.33. The van der Waals surface area contributed by atoms with Gasteiger partial charge in [-0.05, 0) is 23.9 Å². The fraction of sp³-hybridized carbons (Fsp3) is 0.304. The number of nitrogens with zero attached hydrogens (tertiary/aromatic N) is 3. The third-order valence-electron chi connectivity index (χ3n) is 5.56. The van der Waals surface area contributed by atoms with E-state index in [4.69, 9.17) is 10.8 Å². The number of hydrogen-bond donors (Lipinski definition) is 1. The minimum atomic E-state index is 0. The zero-order valence-corrected chi connectivity index (χ0v) is 17.4. The molecule has 1 fully saturated rings. The van der Waals surface area contributed by atoms with Crippen LogP contribution in [0, 0.1) is 5.41 Å². The quantitative estimate of drug-likeness (QED) is 0.695. The third kappa shape index (κ3) is 4.52. The molecule has 1 aliphatic heterocycles. The standard InChI is InChI=1S/C23H26N4O.ClH/c1-23(16-24)12-13-26(17-23)22(28)20-15-27(14-18-8-4-2-5-9-18)25-21(20)19-10-6-3-7-11-19;/h2-11,15H,12-14,16-17,24H2,1H3;1H. The topological polar surface area (TPSA) is 64.2 Å². The zero-order chi connectivity index (χ0) is 19.6. The molecule has 0 aliphatic carbocycles. The number of amides is 1. The molecule has 0 saturated carbocycles. The fourth-order valence-corrected chi connectivity index (χ4v) is 3.77. The van der Waals surface area contributed by atoms with Crippen molar-refractivity contribution in [3.8, 4) is 11.3 Å². The fourth-order valence-electron chi connectivity index (χ4n) is 3.77. The van der Waals surface area contributed by atoms with Gasteiger partial charge in [-0.2, -0.15) is 5.10 Å². The first-order valence-electron chi connectivity index (χ1n) is 9.74. The second-order valence-corrected chi connectivity index (χ2v) is 7.93. The highest BCUT2D eigenvalue weighted by Crippen LogP contribution is 2.31. The maximum absolute atomic E-state index is 13.3. The van der Waals surface area contributed by atoms with E-state index in [0.717, 1.165) is 29.8 Å². The van der Waals surface area contributed by atoms with Crippen molar-refractivity contribution in [3.63, 3.8) is 0 Å². The summed E-state index contributed by atoms with van der Waals surface area (Å²) in [6, 6.07) is 20.1. The molecule has 0 spiro atoms. The zero-order valence-electron chi connectivity index (χ0n) is 16.6. The van der Waals surface area contributed by atoms with E-state index in [9.17, 15) is 4.79 Å². The third-order valence-corrected chi connectivity index (χ3v) is 5.56. The molecule has 1 saturated heterocycles. The van der Waals surface area contributed by atoms with Gasteiger partial charge in [0.2, 0.25) is 0 Å². The van der Waals surface area contributed by atoms with Crippen LogP contribution in [0.15, 0.2) is 66.9 Å². The molecule has 2 heterocycles. The lowest BCUT2D eigenvalue weighted by Gasteiger charge is -2.22. The lowest BCUT2D eigenvalue weighted by atomic mass is 9.90.